The van der Waals surface area contributed by atoms with E-state index >= 15 is 4.39 Å². The lowest BCUT2D eigenvalue weighted by Crippen LogP contribution is -2.51. The molecule has 5 heterocycles. The standard InChI is InChI=1S/C30H29ClF3N7OS/c31-21-10-19-26(25(34)24(21)18-4-5-22(33)27-23(18)20(11-35)28(36)43-27)38-30(42-9-1-7-40-8-6-15(32)12-40)39-29(19)41-13-16-2-3-17(14-41)37-16/h4-5,10,15-17,37H,1-3,6-9,12-14,36H2/t15-,16?,17?/m1/s1. The third-order valence-corrected chi connectivity index (χ3v) is 9.95. The summed E-state index contributed by atoms with van der Waals surface area (Å²) in [5.74, 6) is -0.743. The highest BCUT2D eigenvalue weighted by Crippen LogP contribution is 2.45. The molecule has 8 nitrogen and oxygen atoms in total. The summed E-state index contributed by atoms with van der Waals surface area (Å²) in [7, 11) is 0. The van der Waals surface area contributed by atoms with E-state index in [2.05, 4.69) is 20.1 Å². The number of hydrogen-bond acceptors (Lipinski definition) is 9. The molecule has 3 N–H and O–H groups in total. The molecular formula is C30H29ClF3N7OS. The number of benzene rings is 2. The van der Waals surface area contributed by atoms with Gasteiger partial charge in [-0.25, -0.2) is 13.2 Å². The van der Waals surface area contributed by atoms with Crippen molar-refractivity contribution in [1.82, 2.24) is 20.2 Å². The van der Waals surface area contributed by atoms with Gasteiger partial charge in [-0.05, 0) is 43.4 Å². The third kappa shape index (κ3) is 5.12. The van der Waals surface area contributed by atoms with E-state index in [1.54, 1.807) is 6.07 Å². The van der Waals surface area contributed by atoms with E-state index in [0.29, 0.717) is 62.3 Å². The Bertz CT molecular complexity index is 1770. The highest BCUT2D eigenvalue weighted by atomic mass is 35.5. The summed E-state index contributed by atoms with van der Waals surface area (Å²) in [4.78, 5) is 13.4. The second-order valence-corrected chi connectivity index (χ2v) is 12.9. The van der Waals surface area contributed by atoms with Crippen LogP contribution in [0.1, 0.15) is 31.2 Å². The van der Waals surface area contributed by atoms with Crippen LogP contribution in [-0.2, 0) is 0 Å². The molecule has 2 aromatic heterocycles. The topological polar surface area (TPSA) is 103 Å². The molecule has 3 saturated heterocycles. The molecule has 0 spiro atoms. The number of thiophene rings is 1. The fourth-order valence-corrected chi connectivity index (χ4v) is 7.87. The molecule has 3 fully saturated rings. The van der Waals surface area contributed by atoms with Gasteiger partial charge in [-0.2, -0.15) is 15.2 Å². The van der Waals surface area contributed by atoms with Crippen LogP contribution in [0.5, 0.6) is 6.01 Å². The first-order valence-corrected chi connectivity index (χ1v) is 15.6. The van der Waals surface area contributed by atoms with Gasteiger partial charge in [0.2, 0.25) is 0 Å². The van der Waals surface area contributed by atoms with Crippen molar-refractivity contribution in [3.63, 3.8) is 0 Å². The van der Waals surface area contributed by atoms with Crippen LogP contribution in [0, 0.1) is 23.0 Å². The number of nitrogens with one attached hydrogen (secondary N) is 1. The van der Waals surface area contributed by atoms with E-state index in [0.717, 1.165) is 30.7 Å². The minimum atomic E-state index is -0.789. The number of ether oxygens (including phenoxy) is 1. The normalized spacial score (nSPS) is 22.1. The minimum absolute atomic E-state index is 0.000688. The fourth-order valence-electron chi connectivity index (χ4n) is 6.63. The number of aromatic nitrogens is 2. The molecule has 4 aromatic rings. The van der Waals surface area contributed by atoms with Crippen molar-refractivity contribution in [1.29, 1.82) is 5.26 Å². The molecule has 13 heteroatoms. The SMILES string of the molecule is N#Cc1c(N)sc2c(F)ccc(-c3c(Cl)cc4c(N5CC6CCC(C5)N6)nc(OCCCN5CC[C@@H](F)C5)nc4c3F)c12. The number of halogens is 4. The fraction of sp³-hybridized carbons (Fsp3) is 0.433. The summed E-state index contributed by atoms with van der Waals surface area (Å²) in [6.45, 7) is 3.50. The number of piperazine rings is 1. The minimum Gasteiger partial charge on any atom is -0.463 e. The number of nitrogen functional groups attached to an aromatic ring is 1. The number of rotatable bonds is 7. The molecule has 2 bridgehead atoms. The number of nitrogens with zero attached hydrogens (tertiary/aromatic N) is 5. The van der Waals surface area contributed by atoms with Gasteiger partial charge in [0, 0.05) is 61.1 Å². The molecule has 0 amide bonds. The summed E-state index contributed by atoms with van der Waals surface area (Å²) < 4.78 is 51.1. The molecule has 0 saturated carbocycles. The van der Waals surface area contributed by atoms with E-state index in [1.165, 1.54) is 12.1 Å². The van der Waals surface area contributed by atoms with E-state index in [9.17, 15) is 14.0 Å². The molecule has 0 radical (unpaired) electrons. The first-order chi connectivity index (χ1) is 20.8. The van der Waals surface area contributed by atoms with Crippen LogP contribution in [0.15, 0.2) is 18.2 Å². The van der Waals surface area contributed by atoms with E-state index in [4.69, 9.17) is 27.1 Å². The third-order valence-electron chi connectivity index (χ3n) is 8.62. The Kier molecular flexibility index (Phi) is 7.45. The van der Waals surface area contributed by atoms with E-state index in [-0.39, 0.29) is 54.9 Å². The number of alkyl halides is 1. The number of hydrogen-bond donors (Lipinski definition) is 2. The summed E-state index contributed by atoms with van der Waals surface area (Å²) >= 11 is 7.72. The molecule has 3 atom stereocenters. The van der Waals surface area contributed by atoms with Crippen LogP contribution in [0.2, 0.25) is 5.02 Å². The van der Waals surface area contributed by atoms with Crippen molar-refractivity contribution in [2.24, 2.45) is 0 Å². The highest BCUT2D eigenvalue weighted by Gasteiger charge is 2.34. The maximum absolute atomic E-state index is 16.7. The monoisotopic (exact) mass is 627 g/mol. The van der Waals surface area contributed by atoms with Crippen LogP contribution >= 0.6 is 22.9 Å². The van der Waals surface area contributed by atoms with Crippen LogP contribution in [0.3, 0.4) is 0 Å². The van der Waals surface area contributed by atoms with Gasteiger partial charge >= 0.3 is 6.01 Å². The van der Waals surface area contributed by atoms with Crippen molar-refractivity contribution in [3.05, 3.63) is 40.4 Å². The second kappa shape index (κ2) is 11.3. The van der Waals surface area contributed by atoms with Crippen molar-refractivity contribution in [2.75, 3.05) is 50.0 Å². The molecule has 3 aliphatic rings. The van der Waals surface area contributed by atoms with Gasteiger partial charge in [-0.3, -0.25) is 0 Å². The van der Waals surface area contributed by atoms with Gasteiger partial charge < -0.3 is 25.6 Å². The first kappa shape index (κ1) is 28.4. The maximum atomic E-state index is 16.7. The van der Waals surface area contributed by atoms with Gasteiger partial charge in [0.15, 0.2) is 5.82 Å². The zero-order valence-electron chi connectivity index (χ0n) is 23.2. The van der Waals surface area contributed by atoms with Gasteiger partial charge in [-0.15, -0.1) is 11.3 Å². The summed E-state index contributed by atoms with van der Waals surface area (Å²) in [5.41, 5.74) is 6.38. The summed E-state index contributed by atoms with van der Waals surface area (Å²) in [5, 5.41) is 14.3. The van der Waals surface area contributed by atoms with E-state index < -0.39 is 17.8 Å². The van der Waals surface area contributed by atoms with Crippen LogP contribution in [0.25, 0.3) is 32.1 Å². The van der Waals surface area contributed by atoms with Crippen LogP contribution in [0.4, 0.5) is 24.0 Å². The average Bonchev–Trinajstić information content (AvgIpc) is 3.67. The number of likely N-dealkylation sites (tertiary alicyclic amines) is 1. The van der Waals surface area contributed by atoms with Gasteiger partial charge in [0.25, 0.3) is 0 Å². The highest BCUT2D eigenvalue weighted by molar-refractivity contribution is 7.23. The van der Waals surface area contributed by atoms with Crippen LogP contribution in [-0.4, -0.2) is 72.5 Å². The lowest BCUT2D eigenvalue weighted by molar-refractivity contribution is 0.239. The van der Waals surface area contributed by atoms with Crippen molar-refractivity contribution < 1.29 is 17.9 Å². The molecule has 0 aliphatic carbocycles. The van der Waals surface area contributed by atoms with Crippen molar-refractivity contribution >= 4 is 54.7 Å². The molecule has 2 unspecified atom stereocenters. The summed E-state index contributed by atoms with van der Waals surface area (Å²) in [6, 6.07) is 6.93. The van der Waals surface area contributed by atoms with Gasteiger partial charge in [0.05, 0.1) is 21.9 Å². The Hall–Kier alpha value is -3.37. The smallest absolute Gasteiger partial charge is 0.319 e. The zero-order chi connectivity index (χ0) is 29.8. The molecule has 3 aliphatic heterocycles. The predicted molar refractivity (Wildman–Crippen MR) is 163 cm³/mol. The molecule has 224 valence electrons. The first-order valence-electron chi connectivity index (χ1n) is 14.4. The Morgan fingerprint density at radius 2 is 1.95 bits per heavy atom. The number of anilines is 2. The maximum Gasteiger partial charge on any atom is 0.319 e. The van der Waals surface area contributed by atoms with Gasteiger partial charge in [-0.1, -0.05) is 17.7 Å². The average molecular weight is 628 g/mol. The largest absolute Gasteiger partial charge is 0.463 e. The predicted octanol–water partition coefficient (Wildman–Crippen LogP) is 5.65. The van der Waals surface area contributed by atoms with Crippen molar-refractivity contribution in [2.45, 2.75) is 43.9 Å². The Labute approximate surface area is 255 Å². The van der Waals surface area contributed by atoms with Crippen LogP contribution < -0.4 is 20.7 Å². The number of nitrogens with two attached hydrogens (primary N) is 1. The van der Waals surface area contributed by atoms with E-state index in [1.807, 2.05) is 6.07 Å². The molecular weight excluding hydrogens is 599 g/mol. The second-order valence-electron chi connectivity index (χ2n) is 11.5. The Balaban J connectivity index is 1.32. The van der Waals surface area contributed by atoms with Crippen molar-refractivity contribution in [3.8, 4) is 23.2 Å². The molecule has 7 rings (SSSR count). The van der Waals surface area contributed by atoms with Gasteiger partial charge in [0.1, 0.15) is 34.4 Å². The quantitative estimate of drug-likeness (QED) is 0.254. The summed E-state index contributed by atoms with van der Waals surface area (Å²) in [6.07, 6.45) is 2.49. The lowest BCUT2D eigenvalue weighted by atomic mass is 9.97. The zero-order valence-corrected chi connectivity index (χ0v) is 24.7. The lowest BCUT2D eigenvalue weighted by Gasteiger charge is -2.34. The molecule has 43 heavy (non-hydrogen) atoms. The number of nitriles is 1. The Morgan fingerprint density at radius 3 is 2.67 bits per heavy atom. The number of fused-ring (bicyclic) bond motifs is 4. The molecule has 2 aromatic carbocycles. The Morgan fingerprint density at radius 1 is 1.16 bits per heavy atom.